The van der Waals surface area contributed by atoms with Gasteiger partial charge in [0.05, 0.1) is 36.2 Å². The van der Waals surface area contributed by atoms with E-state index in [9.17, 15) is 22.8 Å². The van der Waals surface area contributed by atoms with E-state index in [-0.39, 0.29) is 22.2 Å². The lowest BCUT2D eigenvalue weighted by Crippen LogP contribution is -2.32. The molecule has 0 bridgehead atoms. The zero-order chi connectivity index (χ0) is 22.2. The molecule has 1 N–H and O–H groups in total. The van der Waals surface area contributed by atoms with Crippen LogP contribution in [0.5, 0.6) is 11.5 Å². The van der Waals surface area contributed by atoms with Gasteiger partial charge in [-0.1, -0.05) is 23.2 Å². The maximum atomic E-state index is 13.1. The fraction of sp³-hybridized carbons (Fsp3) is 0.158. The summed E-state index contributed by atoms with van der Waals surface area (Å²) in [6, 6.07) is 6.92. The summed E-state index contributed by atoms with van der Waals surface area (Å²) in [4.78, 5) is 25.9. The molecule has 0 spiro atoms. The molecule has 0 unspecified atom stereocenters. The van der Waals surface area contributed by atoms with Crippen LogP contribution in [0.3, 0.4) is 0 Å². The minimum absolute atomic E-state index is 0.225. The molecular formula is C19H13Cl2F3N2O4. The van der Waals surface area contributed by atoms with E-state index < -0.39 is 34.3 Å². The highest BCUT2D eigenvalue weighted by atomic mass is 35.5. The van der Waals surface area contributed by atoms with Gasteiger partial charge in [-0.05, 0) is 30.3 Å². The zero-order valence-electron chi connectivity index (χ0n) is 15.4. The Balaban J connectivity index is 1.99. The summed E-state index contributed by atoms with van der Waals surface area (Å²) in [5.41, 5.74) is -1.56. The van der Waals surface area contributed by atoms with E-state index in [0.717, 1.165) is 12.1 Å². The van der Waals surface area contributed by atoms with Crippen LogP contribution in [0.2, 0.25) is 5.02 Å². The van der Waals surface area contributed by atoms with E-state index in [0.29, 0.717) is 16.7 Å². The van der Waals surface area contributed by atoms with Gasteiger partial charge in [0.1, 0.15) is 22.2 Å². The van der Waals surface area contributed by atoms with E-state index in [2.05, 4.69) is 5.32 Å². The van der Waals surface area contributed by atoms with Gasteiger partial charge in [0.15, 0.2) is 0 Å². The Morgan fingerprint density at radius 3 is 2.27 bits per heavy atom. The van der Waals surface area contributed by atoms with Gasteiger partial charge in [-0.25, -0.2) is 4.90 Å². The lowest BCUT2D eigenvalue weighted by Gasteiger charge is -2.19. The van der Waals surface area contributed by atoms with Crippen molar-refractivity contribution in [3.05, 3.63) is 57.7 Å². The van der Waals surface area contributed by atoms with Gasteiger partial charge in [-0.3, -0.25) is 9.59 Å². The molecule has 6 nitrogen and oxygen atoms in total. The number of halogens is 5. The minimum atomic E-state index is -4.69. The van der Waals surface area contributed by atoms with Gasteiger partial charge in [0.25, 0.3) is 11.8 Å². The van der Waals surface area contributed by atoms with Crippen LogP contribution in [0.25, 0.3) is 0 Å². The molecule has 30 heavy (non-hydrogen) atoms. The summed E-state index contributed by atoms with van der Waals surface area (Å²) in [6.45, 7) is 0. The maximum absolute atomic E-state index is 13.1. The van der Waals surface area contributed by atoms with Crippen molar-refractivity contribution < 1.29 is 32.2 Å². The molecule has 158 valence electrons. The van der Waals surface area contributed by atoms with Gasteiger partial charge in [-0.15, -0.1) is 0 Å². The van der Waals surface area contributed by atoms with Crippen molar-refractivity contribution in [1.29, 1.82) is 0 Å². The van der Waals surface area contributed by atoms with Crippen molar-refractivity contribution in [2.24, 2.45) is 0 Å². The van der Waals surface area contributed by atoms with Gasteiger partial charge >= 0.3 is 6.18 Å². The number of hydrogen-bond acceptors (Lipinski definition) is 5. The van der Waals surface area contributed by atoms with Gasteiger partial charge < -0.3 is 14.8 Å². The van der Waals surface area contributed by atoms with E-state index in [1.807, 2.05) is 0 Å². The lowest BCUT2D eigenvalue weighted by molar-refractivity contribution is -0.137. The van der Waals surface area contributed by atoms with Crippen LogP contribution in [0, 0.1) is 0 Å². The molecule has 11 heteroatoms. The Hall–Kier alpha value is -2.91. The Labute approximate surface area is 178 Å². The molecule has 0 aromatic heterocycles. The van der Waals surface area contributed by atoms with E-state index in [4.69, 9.17) is 32.7 Å². The van der Waals surface area contributed by atoms with Crippen LogP contribution >= 0.6 is 23.2 Å². The van der Waals surface area contributed by atoms with Crippen molar-refractivity contribution in [3.8, 4) is 11.5 Å². The Morgan fingerprint density at radius 2 is 1.67 bits per heavy atom. The predicted octanol–water partition coefficient (Wildman–Crippen LogP) is 4.81. The van der Waals surface area contributed by atoms with Gasteiger partial charge in [-0.2, -0.15) is 13.2 Å². The number of nitrogens with zero attached hydrogens (tertiary/aromatic N) is 1. The summed E-state index contributed by atoms with van der Waals surface area (Å²) < 4.78 is 49.5. The number of rotatable bonds is 5. The first kappa shape index (κ1) is 21.8. The number of imide groups is 1. The van der Waals surface area contributed by atoms with E-state index in [1.165, 1.54) is 26.4 Å². The summed E-state index contributed by atoms with van der Waals surface area (Å²) in [7, 11) is 2.84. The topological polar surface area (TPSA) is 67.9 Å². The number of carbonyl (C=O) groups is 2. The molecule has 2 amide bonds. The molecule has 1 heterocycles. The number of nitrogens with one attached hydrogen (secondary N) is 1. The van der Waals surface area contributed by atoms with Gasteiger partial charge in [0.2, 0.25) is 0 Å². The number of carbonyl (C=O) groups excluding carboxylic acids is 2. The molecular weight excluding hydrogens is 448 g/mol. The molecule has 0 aliphatic carbocycles. The average molecular weight is 461 g/mol. The number of methoxy groups -OCH3 is 2. The van der Waals surface area contributed by atoms with Crippen molar-refractivity contribution in [2.45, 2.75) is 6.18 Å². The molecule has 0 saturated carbocycles. The smallest absolute Gasteiger partial charge is 0.416 e. The Bertz CT molecular complexity index is 1070. The third kappa shape index (κ3) is 3.90. The van der Waals surface area contributed by atoms with Crippen molar-refractivity contribution in [1.82, 2.24) is 0 Å². The highest BCUT2D eigenvalue weighted by molar-refractivity contribution is 6.53. The minimum Gasteiger partial charge on any atom is -0.497 e. The van der Waals surface area contributed by atoms with Crippen LogP contribution in [0.4, 0.5) is 24.5 Å². The molecule has 0 atom stereocenters. The first-order valence-corrected chi connectivity index (χ1v) is 8.98. The maximum Gasteiger partial charge on any atom is 0.416 e. The number of anilines is 2. The summed E-state index contributed by atoms with van der Waals surface area (Å²) >= 11 is 12.0. The zero-order valence-corrected chi connectivity index (χ0v) is 16.9. The third-order valence-corrected chi connectivity index (χ3v) is 4.88. The summed E-state index contributed by atoms with van der Waals surface area (Å²) in [5.74, 6) is -1.23. The fourth-order valence-electron chi connectivity index (χ4n) is 2.73. The quantitative estimate of drug-likeness (QED) is 0.648. The monoisotopic (exact) mass is 460 g/mol. The number of ether oxygens (including phenoxy) is 2. The van der Waals surface area contributed by atoms with Gasteiger partial charge in [0, 0.05) is 6.07 Å². The normalized spacial score (nSPS) is 14.4. The van der Waals surface area contributed by atoms with Crippen molar-refractivity contribution in [2.75, 3.05) is 24.4 Å². The second-order valence-corrected chi connectivity index (χ2v) is 6.78. The molecule has 0 saturated heterocycles. The van der Waals surface area contributed by atoms with Crippen LogP contribution in [-0.4, -0.2) is 26.0 Å². The van der Waals surface area contributed by atoms with Crippen molar-refractivity contribution >= 4 is 46.4 Å². The molecule has 2 aromatic rings. The average Bonchev–Trinajstić information content (AvgIpc) is 2.91. The van der Waals surface area contributed by atoms with Crippen LogP contribution in [-0.2, 0) is 15.8 Å². The first-order valence-electron chi connectivity index (χ1n) is 8.22. The lowest BCUT2D eigenvalue weighted by atomic mass is 10.2. The van der Waals surface area contributed by atoms with Crippen LogP contribution in [0.1, 0.15) is 5.56 Å². The molecule has 0 radical (unpaired) electrons. The Kier molecular flexibility index (Phi) is 5.87. The molecule has 0 fully saturated rings. The molecule has 2 aromatic carbocycles. The molecule has 1 aliphatic rings. The largest absolute Gasteiger partial charge is 0.497 e. The van der Waals surface area contributed by atoms with Crippen LogP contribution < -0.4 is 19.7 Å². The van der Waals surface area contributed by atoms with Crippen molar-refractivity contribution in [3.63, 3.8) is 0 Å². The number of alkyl halides is 3. The predicted molar refractivity (Wildman–Crippen MR) is 105 cm³/mol. The van der Waals surface area contributed by atoms with E-state index >= 15 is 0 Å². The standard InChI is InChI=1S/C19H13Cl2F3N2O4/c1-29-10-4-6-12(14(8-10)30-2)25-16-15(21)17(27)26(18(16)28)13-7-9(19(22,23)24)3-5-11(13)20/h3-8,25H,1-2H3. The molecule has 1 aliphatic heterocycles. The number of benzene rings is 2. The first-order chi connectivity index (χ1) is 14.1. The Morgan fingerprint density at radius 1 is 0.967 bits per heavy atom. The fourth-order valence-corrected chi connectivity index (χ4v) is 3.14. The summed E-state index contributed by atoms with van der Waals surface area (Å²) in [5, 5.41) is 1.96. The highest BCUT2D eigenvalue weighted by Crippen LogP contribution is 2.39. The molecule has 3 rings (SSSR count). The second-order valence-electron chi connectivity index (χ2n) is 5.99. The number of amides is 2. The second kappa shape index (κ2) is 8.08. The third-order valence-electron chi connectivity index (χ3n) is 4.21. The summed E-state index contributed by atoms with van der Waals surface area (Å²) in [6.07, 6.45) is -4.69. The van der Waals surface area contributed by atoms with E-state index in [1.54, 1.807) is 6.07 Å². The van der Waals surface area contributed by atoms with Crippen LogP contribution in [0.15, 0.2) is 47.1 Å². The highest BCUT2D eigenvalue weighted by Gasteiger charge is 2.41. The number of hydrogen-bond donors (Lipinski definition) is 1. The SMILES string of the molecule is COc1ccc(NC2=C(Cl)C(=O)N(c3cc(C(F)(F)F)ccc3Cl)C2=O)c(OC)c1.